The van der Waals surface area contributed by atoms with E-state index in [0.717, 1.165) is 0 Å². The van der Waals surface area contributed by atoms with Gasteiger partial charge in [0, 0.05) is 6.04 Å². The molecule has 0 bridgehead atoms. The van der Waals surface area contributed by atoms with Crippen molar-refractivity contribution in [1.82, 2.24) is 4.90 Å². The number of alkyl halides is 3. The lowest BCUT2D eigenvalue weighted by Gasteiger charge is -2.21. The minimum absolute atomic E-state index is 0.229. The van der Waals surface area contributed by atoms with E-state index in [4.69, 9.17) is 0 Å². The van der Waals surface area contributed by atoms with Crippen molar-refractivity contribution in [3.05, 3.63) is 0 Å². The van der Waals surface area contributed by atoms with Crippen LogP contribution in [0.25, 0.3) is 0 Å². The highest BCUT2D eigenvalue weighted by atomic mass is 19.4. The molecule has 1 aliphatic rings. The molecule has 0 heterocycles. The summed E-state index contributed by atoms with van der Waals surface area (Å²) in [7, 11) is 0. The standard InChI is InChI=1S/C5H7F3N2O/c6-5(7,8)10(4(9)11)3-1-2-3/h3H,1-2H2,(H2,9,11). The van der Waals surface area contributed by atoms with E-state index in [1.165, 1.54) is 0 Å². The Labute approximate surface area is 61.0 Å². The van der Waals surface area contributed by atoms with Crippen LogP contribution in [-0.2, 0) is 0 Å². The third-order valence-corrected chi connectivity index (χ3v) is 1.42. The maximum atomic E-state index is 11.9. The van der Waals surface area contributed by atoms with Crippen LogP contribution in [0.4, 0.5) is 18.0 Å². The summed E-state index contributed by atoms with van der Waals surface area (Å²) in [4.78, 5) is 10.0. The second kappa shape index (κ2) is 2.28. The SMILES string of the molecule is NC(=O)N(C1CC1)C(F)(F)F. The molecule has 0 radical (unpaired) electrons. The lowest BCUT2D eigenvalue weighted by atomic mass is 10.6. The Morgan fingerprint density at radius 1 is 1.45 bits per heavy atom. The quantitative estimate of drug-likeness (QED) is 0.584. The molecule has 2 N–H and O–H groups in total. The van der Waals surface area contributed by atoms with Gasteiger partial charge in [-0.15, -0.1) is 13.2 Å². The van der Waals surface area contributed by atoms with E-state index in [1.54, 1.807) is 0 Å². The summed E-state index contributed by atoms with van der Waals surface area (Å²) in [6.45, 7) is 0. The fourth-order valence-corrected chi connectivity index (χ4v) is 0.845. The van der Waals surface area contributed by atoms with Crippen molar-refractivity contribution < 1.29 is 18.0 Å². The van der Waals surface area contributed by atoms with Crippen molar-refractivity contribution in [2.45, 2.75) is 25.2 Å². The number of hydrogen-bond acceptors (Lipinski definition) is 1. The molecular formula is C5H7F3N2O. The molecule has 1 fully saturated rings. The van der Waals surface area contributed by atoms with Crippen molar-refractivity contribution in [3.63, 3.8) is 0 Å². The largest absolute Gasteiger partial charge is 0.488 e. The van der Waals surface area contributed by atoms with E-state index in [9.17, 15) is 18.0 Å². The maximum Gasteiger partial charge on any atom is 0.488 e. The van der Waals surface area contributed by atoms with Gasteiger partial charge in [0.25, 0.3) is 0 Å². The molecular weight excluding hydrogens is 161 g/mol. The summed E-state index contributed by atoms with van der Waals surface area (Å²) in [6.07, 6.45) is -3.84. The Bertz CT molecular complexity index is 175. The highest BCUT2D eigenvalue weighted by Gasteiger charge is 2.48. The van der Waals surface area contributed by atoms with Gasteiger partial charge >= 0.3 is 12.3 Å². The number of halogens is 3. The number of nitrogens with zero attached hydrogens (tertiary/aromatic N) is 1. The van der Waals surface area contributed by atoms with Gasteiger partial charge in [-0.3, -0.25) is 0 Å². The molecule has 1 aliphatic carbocycles. The molecule has 0 saturated heterocycles. The molecule has 0 aromatic carbocycles. The molecule has 3 nitrogen and oxygen atoms in total. The van der Waals surface area contributed by atoms with Gasteiger partial charge in [0.1, 0.15) is 0 Å². The lowest BCUT2D eigenvalue weighted by Crippen LogP contribution is -2.47. The monoisotopic (exact) mass is 168 g/mol. The van der Waals surface area contributed by atoms with Gasteiger partial charge in [-0.1, -0.05) is 0 Å². The molecule has 0 unspecified atom stereocenters. The molecule has 0 aromatic rings. The number of carbonyl (C=O) groups is 1. The fourth-order valence-electron chi connectivity index (χ4n) is 0.845. The molecule has 2 amide bonds. The first kappa shape index (κ1) is 8.16. The third-order valence-electron chi connectivity index (χ3n) is 1.42. The van der Waals surface area contributed by atoms with Crippen molar-refractivity contribution in [2.24, 2.45) is 5.73 Å². The summed E-state index contributed by atoms with van der Waals surface area (Å²) in [5.41, 5.74) is 4.53. The number of primary amides is 1. The van der Waals surface area contributed by atoms with Crippen molar-refractivity contribution in [3.8, 4) is 0 Å². The van der Waals surface area contributed by atoms with Crippen LogP contribution >= 0.6 is 0 Å². The lowest BCUT2D eigenvalue weighted by molar-refractivity contribution is -0.225. The Balaban J connectivity index is 2.66. The molecule has 0 atom stereocenters. The highest BCUT2D eigenvalue weighted by Crippen LogP contribution is 2.34. The van der Waals surface area contributed by atoms with Gasteiger partial charge in [0.2, 0.25) is 0 Å². The average molecular weight is 168 g/mol. The summed E-state index contributed by atoms with van der Waals surface area (Å²) in [6, 6.07) is -2.13. The molecule has 1 saturated carbocycles. The van der Waals surface area contributed by atoms with Crippen LogP contribution in [0.1, 0.15) is 12.8 Å². The number of rotatable bonds is 1. The first-order chi connectivity index (χ1) is 4.93. The summed E-state index contributed by atoms with van der Waals surface area (Å²) < 4.78 is 35.7. The molecule has 0 aromatic heterocycles. The Morgan fingerprint density at radius 3 is 2.00 bits per heavy atom. The van der Waals surface area contributed by atoms with Crippen LogP contribution in [0.15, 0.2) is 0 Å². The van der Waals surface area contributed by atoms with Gasteiger partial charge in [-0.25, -0.2) is 9.69 Å². The number of urea groups is 1. The Morgan fingerprint density at radius 2 is 1.91 bits per heavy atom. The van der Waals surface area contributed by atoms with Crippen LogP contribution < -0.4 is 5.73 Å². The first-order valence-corrected chi connectivity index (χ1v) is 3.08. The van der Waals surface area contributed by atoms with Crippen LogP contribution in [-0.4, -0.2) is 23.3 Å². The highest BCUT2D eigenvalue weighted by molar-refractivity contribution is 5.73. The predicted octanol–water partition coefficient (Wildman–Crippen LogP) is 1.05. The Kier molecular flexibility index (Phi) is 1.69. The molecule has 11 heavy (non-hydrogen) atoms. The molecule has 64 valence electrons. The predicted molar refractivity (Wildman–Crippen MR) is 30.5 cm³/mol. The zero-order valence-electron chi connectivity index (χ0n) is 5.56. The first-order valence-electron chi connectivity index (χ1n) is 3.08. The van der Waals surface area contributed by atoms with Gasteiger partial charge in [0.15, 0.2) is 0 Å². The normalized spacial score (nSPS) is 18.1. The van der Waals surface area contributed by atoms with Gasteiger partial charge in [0.05, 0.1) is 0 Å². The number of amides is 2. The summed E-state index contributed by atoms with van der Waals surface area (Å²) in [5, 5.41) is 0. The zero-order valence-corrected chi connectivity index (χ0v) is 5.56. The maximum absolute atomic E-state index is 11.9. The van der Waals surface area contributed by atoms with Gasteiger partial charge in [-0.05, 0) is 12.8 Å². The second-order valence-corrected chi connectivity index (χ2v) is 2.41. The molecule has 0 aliphatic heterocycles. The van der Waals surface area contributed by atoms with Crippen molar-refractivity contribution >= 4 is 6.03 Å². The topological polar surface area (TPSA) is 46.3 Å². The zero-order chi connectivity index (χ0) is 8.65. The van der Waals surface area contributed by atoms with E-state index in [0.29, 0.717) is 12.8 Å². The molecule has 6 heteroatoms. The average Bonchev–Trinajstić information content (AvgIpc) is 2.42. The third kappa shape index (κ3) is 1.75. The van der Waals surface area contributed by atoms with E-state index >= 15 is 0 Å². The van der Waals surface area contributed by atoms with Gasteiger partial charge in [-0.2, -0.15) is 0 Å². The van der Waals surface area contributed by atoms with Gasteiger partial charge < -0.3 is 5.73 Å². The Hall–Kier alpha value is -0.940. The minimum atomic E-state index is -4.62. The van der Waals surface area contributed by atoms with Crippen molar-refractivity contribution in [1.29, 1.82) is 0 Å². The molecule has 0 spiro atoms. The number of nitrogens with two attached hydrogens (primary N) is 1. The fraction of sp³-hybridized carbons (Fsp3) is 0.800. The van der Waals surface area contributed by atoms with Crippen LogP contribution in [0.2, 0.25) is 0 Å². The molecule has 1 rings (SSSR count). The van der Waals surface area contributed by atoms with E-state index in [-0.39, 0.29) is 4.90 Å². The van der Waals surface area contributed by atoms with Crippen LogP contribution in [0, 0.1) is 0 Å². The number of hydrogen-bond donors (Lipinski definition) is 1. The minimum Gasteiger partial charge on any atom is -0.351 e. The summed E-state index contributed by atoms with van der Waals surface area (Å²) >= 11 is 0. The smallest absolute Gasteiger partial charge is 0.351 e. The van der Waals surface area contributed by atoms with E-state index in [2.05, 4.69) is 5.73 Å². The van der Waals surface area contributed by atoms with E-state index in [1.807, 2.05) is 0 Å². The van der Waals surface area contributed by atoms with Crippen molar-refractivity contribution in [2.75, 3.05) is 0 Å². The second-order valence-electron chi connectivity index (χ2n) is 2.41. The van der Waals surface area contributed by atoms with Crippen LogP contribution in [0.3, 0.4) is 0 Å². The van der Waals surface area contributed by atoms with E-state index < -0.39 is 18.4 Å². The summed E-state index contributed by atoms with van der Waals surface area (Å²) in [5.74, 6) is 0. The number of carbonyl (C=O) groups excluding carboxylic acids is 1. The van der Waals surface area contributed by atoms with Crippen LogP contribution in [0.5, 0.6) is 0 Å².